The van der Waals surface area contributed by atoms with E-state index in [0.29, 0.717) is 44.3 Å². The number of nitrogens with zero attached hydrogens (tertiary/aromatic N) is 2. The van der Waals surface area contributed by atoms with Crippen LogP contribution in [0.25, 0.3) is 0 Å². The first-order valence-electron chi connectivity index (χ1n) is 8.66. The molecule has 0 bridgehead atoms. The van der Waals surface area contributed by atoms with Crippen molar-refractivity contribution < 1.29 is 19.1 Å². The fourth-order valence-corrected chi connectivity index (χ4v) is 3.90. The van der Waals surface area contributed by atoms with E-state index in [-0.39, 0.29) is 24.0 Å². The normalized spacial score (nSPS) is 30.2. The number of amides is 2. The van der Waals surface area contributed by atoms with Gasteiger partial charge in [-0.3, -0.25) is 9.59 Å². The molecule has 130 valence electrons. The Bertz CT molecular complexity index is 597. The van der Waals surface area contributed by atoms with Crippen molar-refractivity contribution in [3.05, 3.63) is 24.0 Å². The van der Waals surface area contributed by atoms with Crippen molar-refractivity contribution >= 4 is 11.8 Å². The Hall–Kier alpha value is -1.86. The number of likely N-dealkylation sites (tertiary alicyclic amines) is 1. The van der Waals surface area contributed by atoms with Crippen molar-refractivity contribution in [2.45, 2.75) is 25.0 Å². The third-order valence-electron chi connectivity index (χ3n) is 5.28. The summed E-state index contributed by atoms with van der Waals surface area (Å²) in [6.45, 7) is 3.79. The van der Waals surface area contributed by atoms with E-state index in [1.165, 1.54) is 0 Å². The van der Waals surface area contributed by atoms with Crippen LogP contribution in [0.2, 0.25) is 0 Å². The third kappa shape index (κ3) is 2.93. The lowest BCUT2D eigenvalue weighted by molar-refractivity contribution is -0.147. The fourth-order valence-electron chi connectivity index (χ4n) is 3.90. The predicted octanol–water partition coefficient (Wildman–Crippen LogP) is 0.493. The number of H-pyrrole nitrogens is 1. The molecule has 0 spiro atoms. The SMILES string of the molecule is O=C(c1cc[nH]c1)N1CC[C@H]2CC(C(=O)N3CCOCC3)O[C@H]2C1. The van der Waals surface area contributed by atoms with Gasteiger partial charge in [0.1, 0.15) is 6.10 Å². The van der Waals surface area contributed by atoms with Crippen LogP contribution in [0.1, 0.15) is 23.2 Å². The van der Waals surface area contributed by atoms with Gasteiger partial charge in [0.25, 0.3) is 11.8 Å². The molecule has 7 heteroatoms. The summed E-state index contributed by atoms with van der Waals surface area (Å²) in [5.41, 5.74) is 0.674. The molecule has 4 rings (SSSR count). The van der Waals surface area contributed by atoms with Gasteiger partial charge in [0.15, 0.2) is 0 Å². The van der Waals surface area contributed by atoms with Gasteiger partial charge >= 0.3 is 0 Å². The molecular formula is C17H23N3O4. The van der Waals surface area contributed by atoms with Crippen molar-refractivity contribution in [3.63, 3.8) is 0 Å². The van der Waals surface area contributed by atoms with Crippen molar-refractivity contribution in [3.8, 4) is 0 Å². The zero-order chi connectivity index (χ0) is 16.5. The largest absolute Gasteiger partial charge is 0.378 e. The smallest absolute Gasteiger partial charge is 0.255 e. The summed E-state index contributed by atoms with van der Waals surface area (Å²) in [4.78, 5) is 31.7. The van der Waals surface area contributed by atoms with E-state index >= 15 is 0 Å². The van der Waals surface area contributed by atoms with Gasteiger partial charge in [0.05, 0.1) is 24.9 Å². The molecule has 3 fully saturated rings. The van der Waals surface area contributed by atoms with E-state index < -0.39 is 0 Å². The molecule has 1 aromatic rings. The van der Waals surface area contributed by atoms with E-state index in [2.05, 4.69) is 4.98 Å². The van der Waals surface area contributed by atoms with Crippen LogP contribution in [0.3, 0.4) is 0 Å². The highest BCUT2D eigenvalue weighted by Gasteiger charge is 2.44. The lowest BCUT2D eigenvalue weighted by Crippen LogP contribution is -2.46. The molecule has 3 atom stereocenters. The Morgan fingerprint density at radius 1 is 1.17 bits per heavy atom. The molecule has 1 aromatic heterocycles. The Labute approximate surface area is 140 Å². The van der Waals surface area contributed by atoms with Crippen LogP contribution >= 0.6 is 0 Å². The number of piperidine rings is 1. The predicted molar refractivity (Wildman–Crippen MR) is 85.5 cm³/mol. The number of aromatic nitrogens is 1. The minimum absolute atomic E-state index is 0.0289. The first-order chi connectivity index (χ1) is 11.7. The summed E-state index contributed by atoms with van der Waals surface area (Å²) in [6, 6.07) is 1.79. The molecule has 2 amide bonds. The highest BCUT2D eigenvalue weighted by molar-refractivity contribution is 5.94. The molecule has 0 aliphatic carbocycles. The van der Waals surface area contributed by atoms with Crippen molar-refractivity contribution in [1.29, 1.82) is 0 Å². The summed E-state index contributed by atoms with van der Waals surface area (Å²) >= 11 is 0. The van der Waals surface area contributed by atoms with Crippen LogP contribution in [0.5, 0.6) is 0 Å². The highest BCUT2D eigenvalue weighted by Crippen LogP contribution is 2.34. The zero-order valence-corrected chi connectivity index (χ0v) is 13.6. The van der Waals surface area contributed by atoms with E-state index in [1.807, 2.05) is 9.80 Å². The average molecular weight is 333 g/mol. The molecule has 0 radical (unpaired) electrons. The van der Waals surface area contributed by atoms with Crippen LogP contribution in [-0.2, 0) is 14.3 Å². The Morgan fingerprint density at radius 3 is 2.75 bits per heavy atom. The van der Waals surface area contributed by atoms with Gasteiger partial charge in [0.2, 0.25) is 0 Å². The van der Waals surface area contributed by atoms with E-state index in [4.69, 9.17) is 9.47 Å². The number of fused-ring (bicyclic) bond motifs is 1. The molecule has 4 heterocycles. The number of carbonyl (C=O) groups is 2. The second-order valence-electron chi connectivity index (χ2n) is 6.74. The maximum Gasteiger partial charge on any atom is 0.255 e. The van der Waals surface area contributed by atoms with E-state index in [1.54, 1.807) is 18.5 Å². The maximum absolute atomic E-state index is 12.6. The Balaban J connectivity index is 1.37. The molecule has 7 nitrogen and oxygen atoms in total. The molecule has 1 unspecified atom stereocenters. The van der Waals surface area contributed by atoms with Crippen molar-refractivity contribution in [1.82, 2.24) is 14.8 Å². The Kier molecular flexibility index (Phi) is 4.28. The lowest BCUT2D eigenvalue weighted by Gasteiger charge is -2.34. The molecule has 3 aliphatic heterocycles. The summed E-state index contributed by atoms with van der Waals surface area (Å²) in [7, 11) is 0. The molecule has 1 N–H and O–H groups in total. The zero-order valence-electron chi connectivity index (χ0n) is 13.6. The lowest BCUT2D eigenvalue weighted by atomic mass is 9.91. The molecule has 3 saturated heterocycles. The van der Waals surface area contributed by atoms with E-state index in [9.17, 15) is 9.59 Å². The van der Waals surface area contributed by atoms with Gasteiger partial charge in [-0.2, -0.15) is 0 Å². The number of ether oxygens (including phenoxy) is 2. The van der Waals surface area contributed by atoms with Crippen LogP contribution < -0.4 is 0 Å². The van der Waals surface area contributed by atoms with Gasteiger partial charge in [-0.25, -0.2) is 0 Å². The molecule has 3 aliphatic rings. The molecular weight excluding hydrogens is 310 g/mol. The molecule has 24 heavy (non-hydrogen) atoms. The first kappa shape index (κ1) is 15.7. The summed E-state index contributed by atoms with van der Waals surface area (Å²) in [6.07, 6.45) is 4.75. The van der Waals surface area contributed by atoms with Crippen LogP contribution in [0, 0.1) is 5.92 Å². The quantitative estimate of drug-likeness (QED) is 0.855. The second kappa shape index (κ2) is 6.57. The number of rotatable bonds is 2. The van der Waals surface area contributed by atoms with Crippen molar-refractivity contribution in [2.24, 2.45) is 5.92 Å². The average Bonchev–Trinajstić information content (AvgIpc) is 3.30. The van der Waals surface area contributed by atoms with E-state index in [0.717, 1.165) is 19.4 Å². The number of carbonyl (C=O) groups excluding carboxylic acids is 2. The third-order valence-corrected chi connectivity index (χ3v) is 5.28. The molecule has 0 saturated carbocycles. The summed E-state index contributed by atoms with van der Waals surface area (Å²) < 4.78 is 11.3. The fraction of sp³-hybridized carbons (Fsp3) is 0.647. The second-order valence-corrected chi connectivity index (χ2v) is 6.74. The monoisotopic (exact) mass is 333 g/mol. The number of nitrogens with one attached hydrogen (secondary N) is 1. The van der Waals surface area contributed by atoms with Crippen LogP contribution in [-0.4, -0.2) is 78.2 Å². The number of morpholine rings is 1. The van der Waals surface area contributed by atoms with Gasteiger partial charge < -0.3 is 24.3 Å². The molecule has 0 aromatic carbocycles. The van der Waals surface area contributed by atoms with Crippen LogP contribution in [0.4, 0.5) is 0 Å². The standard InChI is InChI=1S/C17H23N3O4/c21-16(13-1-3-18-10-13)20-4-2-12-9-14(24-15(12)11-20)17(22)19-5-7-23-8-6-19/h1,3,10,12,14-15,18H,2,4-9,11H2/t12-,14?,15-/m0/s1. The minimum Gasteiger partial charge on any atom is -0.378 e. The topological polar surface area (TPSA) is 74.9 Å². The maximum atomic E-state index is 12.6. The number of hydrogen-bond acceptors (Lipinski definition) is 4. The summed E-state index contributed by atoms with van der Waals surface area (Å²) in [5.74, 6) is 0.479. The van der Waals surface area contributed by atoms with Gasteiger partial charge in [0, 0.05) is 38.6 Å². The van der Waals surface area contributed by atoms with Gasteiger partial charge in [-0.1, -0.05) is 0 Å². The number of aromatic amines is 1. The Morgan fingerprint density at radius 2 is 2.00 bits per heavy atom. The van der Waals surface area contributed by atoms with Crippen molar-refractivity contribution in [2.75, 3.05) is 39.4 Å². The summed E-state index contributed by atoms with van der Waals surface area (Å²) in [5, 5.41) is 0. The van der Waals surface area contributed by atoms with Gasteiger partial charge in [-0.15, -0.1) is 0 Å². The highest BCUT2D eigenvalue weighted by atomic mass is 16.5. The van der Waals surface area contributed by atoms with Gasteiger partial charge in [-0.05, 0) is 24.8 Å². The minimum atomic E-state index is -0.361. The number of hydrogen-bond donors (Lipinski definition) is 1. The first-order valence-corrected chi connectivity index (χ1v) is 8.66. The van der Waals surface area contributed by atoms with Crippen LogP contribution in [0.15, 0.2) is 18.5 Å².